The van der Waals surface area contributed by atoms with Crippen molar-refractivity contribution in [2.24, 2.45) is 10.4 Å². The molecule has 0 bridgehead atoms. The van der Waals surface area contributed by atoms with Gasteiger partial charge in [-0.2, -0.15) is 0 Å². The first-order valence-electron chi connectivity index (χ1n) is 4.40. The maximum absolute atomic E-state index is 6.13. The lowest BCUT2D eigenvalue weighted by Crippen LogP contribution is -2.34. The second-order valence-electron chi connectivity index (χ2n) is 5.30. The number of hydrogen-bond donors (Lipinski definition) is 0. The third kappa shape index (κ3) is 4.87. The van der Waals surface area contributed by atoms with Gasteiger partial charge in [-0.3, -0.25) is 4.99 Å². The molecule has 0 aromatic carbocycles. The molecule has 0 aliphatic rings. The molecule has 0 heterocycles. The van der Waals surface area contributed by atoms with E-state index in [1.807, 2.05) is 41.5 Å². The van der Waals surface area contributed by atoms with Gasteiger partial charge in [0.25, 0.3) is 0 Å². The Balaban J connectivity index is 4.62. The largest absolute Gasteiger partial charge is 0.289 e. The first-order chi connectivity index (χ1) is 5.46. The van der Waals surface area contributed by atoms with Crippen LogP contribution in [0.3, 0.4) is 0 Å². The first kappa shape index (κ1) is 13.2. The summed E-state index contributed by atoms with van der Waals surface area (Å²) in [5.74, 6) is 0. The summed E-state index contributed by atoms with van der Waals surface area (Å²) in [4.78, 5) is 4.31. The molecule has 13 heavy (non-hydrogen) atoms. The van der Waals surface area contributed by atoms with Crippen molar-refractivity contribution < 1.29 is 0 Å². The molecule has 0 spiro atoms. The van der Waals surface area contributed by atoms with Gasteiger partial charge in [-0.05, 0) is 20.8 Å². The van der Waals surface area contributed by atoms with Crippen molar-refractivity contribution in [3.8, 4) is 0 Å². The van der Waals surface area contributed by atoms with Gasteiger partial charge < -0.3 is 0 Å². The van der Waals surface area contributed by atoms with E-state index >= 15 is 0 Å². The van der Waals surface area contributed by atoms with Crippen LogP contribution in [0.15, 0.2) is 4.99 Å². The fourth-order valence-electron chi connectivity index (χ4n) is 0.468. The van der Waals surface area contributed by atoms with Crippen LogP contribution in [0.4, 0.5) is 0 Å². The molecular formula is C10H19Cl2N. The molecule has 0 saturated carbocycles. The van der Waals surface area contributed by atoms with Crippen molar-refractivity contribution in [2.75, 3.05) is 0 Å². The highest BCUT2D eigenvalue weighted by Crippen LogP contribution is 2.38. The Kier molecular flexibility index (Phi) is 3.85. The Labute approximate surface area is 91.5 Å². The van der Waals surface area contributed by atoms with Crippen LogP contribution in [0.2, 0.25) is 0 Å². The zero-order chi connectivity index (χ0) is 10.9. The zero-order valence-corrected chi connectivity index (χ0v) is 10.8. The summed E-state index contributed by atoms with van der Waals surface area (Å²) in [5.41, 5.74) is -0.328. The number of aliphatic imine (C=N–C) groups is 1. The highest BCUT2D eigenvalue weighted by atomic mass is 35.5. The van der Waals surface area contributed by atoms with E-state index < -0.39 is 4.33 Å². The fraction of sp³-hybridized carbons (Fsp3) is 0.900. The standard InChI is InChI=1S/C10H19Cl2N/c1-8(2,3)10(11,12)7-13-9(4,5)6/h7H,1-6H3. The van der Waals surface area contributed by atoms with E-state index in [9.17, 15) is 0 Å². The van der Waals surface area contributed by atoms with Crippen LogP contribution in [0.5, 0.6) is 0 Å². The van der Waals surface area contributed by atoms with Crippen molar-refractivity contribution >= 4 is 29.4 Å². The smallest absolute Gasteiger partial charge is 0.157 e. The summed E-state index contributed by atoms with van der Waals surface area (Å²) in [6, 6.07) is 0. The third-order valence-corrected chi connectivity index (χ3v) is 2.94. The van der Waals surface area contributed by atoms with Gasteiger partial charge in [0, 0.05) is 11.6 Å². The minimum atomic E-state index is -0.902. The van der Waals surface area contributed by atoms with Gasteiger partial charge in [-0.15, -0.1) is 0 Å². The van der Waals surface area contributed by atoms with Crippen molar-refractivity contribution in [2.45, 2.75) is 51.4 Å². The van der Waals surface area contributed by atoms with Gasteiger partial charge in [0.15, 0.2) is 4.33 Å². The molecule has 0 rings (SSSR count). The molecule has 0 aliphatic heterocycles. The number of nitrogens with zero attached hydrogens (tertiary/aromatic N) is 1. The maximum atomic E-state index is 6.13. The van der Waals surface area contributed by atoms with Crippen LogP contribution in [-0.2, 0) is 0 Å². The van der Waals surface area contributed by atoms with Crippen LogP contribution in [0.25, 0.3) is 0 Å². The number of rotatable bonds is 1. The molecule has 0 N–H and O–H groups in total. The van der Waals surface area contributed by atoms with Gasteiger partial charge in [0.05, 0.1) is 5.54 Å². The number of alkyl halides is 2. The summed E-state index contributed by atoms with van der Waals surface area (Å²) in [6.45, 7) is 12.0. The molecule has 0 aliphatic carbocycles. The Bertz CT molecular complexity index is 194. The fourth-order valence-corrected chi connectivity index (χ4v) is 0.566. The second-order valence-corrected chi connectivity index (χ2v) is 6.69. The van der Waals surface area contributed by atoms with E-state index in [0.29, 0.717) is 0 Å². The van der Waals surface area contributed by atoms with E-state index in [1.165, 1.54) is 0 Å². The highest BCUT2D eigenvalue weighted by Gasteiger charge is 2.36. The van der Waals surface area contributed by atoms with Gasteiger partial charge in [0.1, 0.15) is 0 Å². The van der Waals surface area contributed by atoms with Crippen LogP contribution in [0, 0.1) is 5.41 Å². The molecule has 0 saturated heterocycles. The predicted molar refractivity (Wildman–Crippen MR) is 62.1 cm³/mol. The van der Waals surface area contributed by atoms with Gasteiger partial charge >= 0.3 is 0 Å². The van der Waals surface area contributed by atoms with Crippen LogP contribution >= 0.6 is 23.2 Å². The van der Waals surface area contributed by atoms with E-state index in [-0.39, 0.29) is 11.0 Å². The van der Waals surface area contributed by atoms with Crippen LogP contribution in [0.1, 0.15) is 41.5 Å². The SMILES string of the molecule is CC(C)(C)N=CC(Cl)(Cl)C(C)(C)C. The number of hydrogen-bond acceptors (Lipinski definition) is 1. The summed E-state index contributed by atoms with van der Waals surface area (Å²) in [6.07, 6.45) is 1.64. The Morgan fingerprint density at radius 1 is 0.923 bits per heavy atom. The molecule has 0 atom stereocenters. The van der Waals surface area contributed by atoms with E-state index in [1.54, 1.807) is 6.21 Å². The maximum Gasteiger partial charge on any atom is 0.157 e. The van der Waals surface area contributed by atoms with Gasteiger partial charge in [-0.25, -0.2) is 0 Å². The molecule has 0 unspecified atom stereocenters. The molecule has 0 aromatic heterocycles. The van der Waals surface area contributed by atoms with Crippen molar-refractivity contribution in [3.63, 3.8) is 0 Å². The summed E-state index contributed by atoms with van der Waals surface area (Å²) < 4.78 is -0.902. The molecule has 0 fully saturated rings. The lowest BCUT2D eigenvalue weighted by atomic mass is 9.91. The quantitative estimate of drug-likeness (QED) is 0.470. The average Bonchev–Trinajstić information content (AvgIpc) is 1.79. The van der Waals surface area contributed by atoms with Crippen molar-refractivity contribution in [3.05, 3.63) is 0 Å². The Hall–Kier alpha value is 0.250. The first-order valence-corrected chi connectivity index (χ1v) is 5.15. The molecule has 78 valence electrons. The molecule has 0 radical (unpaired) electrons. The molecule has 3 heteroatoms. The van der Waals surface area contributed by atoms with Gasteiger partial charge in [-0.1, -0.05) is 44.0 Å². The third-order valence-electron chi connectivity index (χ3n) is 1.61. The number of halogens is 2. The monoisotopic (exact) mass is 223 g/mol. The van der Waals surface area contributed by atoms with E-state index in [4.69, 9.17) is 23.2 Å². The molecule has 0 amide bonds. The van der Waals surface area contributed by atoms with Crippen molar-refractivity contribution in [1.29, 1.82) is 0 Å². The highest BCUT2D eigenvalue weighted by molar-refractivity contribution is 6.56. The Morgan fingerprint density at radius 2 is 1.31 bits per heavy atom. The van der Waals surface area contributed by atoms with Crippen LogP contribution in [-0.4, -0.2) is 16.1 Å². The predicted octanol–water partition coefficient (Wildman–Crippen LogP) is 4.08. The molecule has 1 nitrogen and oxygen atoms in total. The van der Waals surface area contributed by atoms with Crippen molar-refractivity contribution in [1.82, 2.24) is 0 Å². The topological polar surface area (TPSA) is 12.4 Å². The van der Waals surface area contributed by atoms with E-state index in [0.717, 1.165) is 0 Å². The second kappa shape index (κ2) is 3.78. The molecular weight excluding hydrogens is 205 g/mol. The minimum Gasteiger partial charge on any atom is -0.289 e. The van der Waals surface area contributed by atoms with E-state index in [2.05, 4.69) is 4.99 Å². The van der Waals surface area contributed by atoms with Gasteiger partial charge in [0.2, 0.25) is 0 Å². The lowest BCUT2D eigenvalue weighted by molar-refractivity contribution is 0.413. The summed E-state index contributed by atoms with van der Waals surface area (Å²) >= 11 is 12.3. The lowest BCUT2D eigenvalue weighted by Gasteiger charge is -2.31. The zero-order valence-electron chi connectivity index (χ0n) is 9.28. The normalized spacial score (nSPS) is 15.4. The average molecular weight is 224 g/mol. The summed E-state index contributed by atoms with van der Waals surface area (Å²) in [5, 5.41) is 0. The Morgan fingerprint density at radius 3 is 1.54 bits per heavy atom. The van der Waals surface area contributed by atoms with Crippen LogP contribution < -0.4 is 0 Å². The summed E-state index contributed by atoms with van der Waals surface area (Å²) in [7, 11) is 0. The molecule has 0 aromatic rings. The minimum absolute atomic E-state index is 0.125.